The van der Waals surface area contributed by atoms with Crippen molar-refractivity contribution in [3.63, 3.8) is 0 Å². The van der Waals surface area contributed by atoms with E-state index in [9.17, 15) is 10.1 Å². The van der Waals surface area contributed by atoms with Crippen molar-refractivity contribution in [2.24, 2.45) is 0 Å². The fourth-order valence-electron chi connectivity index (χ4n) is 1.56. The Morgan fingerprint density at radius 1 is 1.50 bits per heavy atom. The van der Waals surface area contributed by atoms with Crippen molar-refractivity contribution in [2.45, 2.75) is 20.3 Å². The van der Waals surface area contributed by atoms with Crippen molar-refractivity contribution in [3.05, 3.63) is 39.0 Å². The molecule has 2 heterocycles. The summed E-state index contributed by atoms with van der Waals surface area (Å²) in [6, 6.07) is 1.65. The molecule has 0 atom stereocenters. The molecule has 0 spiro atoms. The van der Waals surface area contributed by atoms with Crippen molar-refractivity contribution in [3.8, 4) is 5.82 Å². The van der Waals surface area contributed by atoms with Crippen LogP contribution in [0.4, 0.5) is 5.69 Å². The van der Waals surface area contributed by atoms with Crippen molar-refractivity contribution >= 4 is 17.3 Å². The summed E-state index contributed by atoms with van der Waals surface area (Å²) in [6.45, 7) is 3.57. The van der Waals surface area contributed by atoms with E-state index in [4.69, 9.17) is 11.6 Å². The van der Waals surface area contributed by atoms with Gasteiger partial charge in [0.05, 0.1) is 4.92 Å². The van der Waals surface area contributed by atoms with Crippen LogP contribution in [-0.2, 0) is 6.42 Å². The molecule has 0 saturated heterocycles. The van der Waals surface area contributed by atoms with E-state index in [0.717, 1.165) is 5.69 Å². The molecule has 2 aromatic heterocycles. The Morgan fingerprint density at radius 2 is 2.22 bits per heavy atom. The lowest BCUT2D eigenvalue weighted by molar-refractivity contribution is -0.385. The molecule has 2 aromatic rings. The van der Waals surface area contributed by atoms with E-state index in [0.29, 0.717) is 17.9 Å². The van der Waals surface area contributed by atoms with Crippen LogP contribution in [0.1, 0.15) is 18.3 Å². The average molecular weight is 268 g/mol. The van der Waals surface area contributed by atoms with Gasteiger partial charge in [0, 0.05) is 11.8 Å². The lowest BCUT2D eigenvalue weighted by Crippen LogP contribution is -2.01. The van der Waals surface area contributed by atoms with Crippen LogP contribution in [0.3, 0.4) is 0 Å². The molecule has 0 N–H and O–H groups in total. The number of nitrogens with zero attached hydrogens (tertiary/aromatic N) is 5. The largest absolute Gasteiger partial charge is 0.329 e. The molecule has 94 valence electrons. The monoisotopic (exact) mass is 267 g/mol. The van der Waals surface area contributed by atoms with Gasteiger partial charge in [-0.1, -0.05) is 18.5 Å². The summed E-state index contributed by atoms with van der Waals surface area (Å²) in [5.74, 6) is 0.412. The smallest absolute Gasteiger partial charge is 0.258 e. The topological polar surface area (TPSA) is 86.7 Å². The van der Waals surface area contributed by atoms with Gasteiger partial charge < -0.3 is 0 Å². The summed E-state index contributed by atoms with van der Waals surface area (Å²) in [7, 11) is 0. The second kappa shape index (κ2) is 4.69. The van der Waals surface area contributed by atoms with Crippen LogP contribution < -0.4 is 0 Å². The molecule has 0 amide bonds. The van der Waals surface area contributed by atoms with Crippen LogP contribution in [0.2, 0.25) is 5.15 Å². The van der Waals surface area contributed by atoms with Crippen LogP contribution >= 0.6 is 11.6 Å². The third kappa shape index (κ3) is 2.04. The van der Waals surface area contributed by atoms with Gasteiger partial charge in [0.1, 0.15) is 12.0 Å². The normalized spacial score (nSPS) is 10.6. The van der Waals surface area contributed by atoms with Gasteiger partial charge >= 0.3 is 5.69 Å². The van der Waals surface area contributed by atoms with E-state index >= 15 is 0 Å². The van der Waals surface area contributed by atoms with E-state index in [1.54, 1.807) is 19.9 Å². The molecule has 0 aliphatic carbocycles. The fourth-order valence-corrected chi connectivity index (χ4v) is 1.86. The van der Waals surface area contributed by atoms with Crippen molar-refractivity contribution in [2.75, 3.05) is 0 Å². The van der Waals surface area contributed by atoms with Crippen LogP contribution in [0, 0.1) is 17.0 Å². The Hall–Kier alpha value is -2.02. The Balaban J connectivity index is 2.63. The number of rotatable bonds is 3. The van der Waals surface area contributed by atoms with Gasteiger partial charge in [0.2, 0.25) is 5.15 Å². The third-order valence-electron chi connectivity index (χ3n) is 2.40. The molecule has 18 heavy (non-hydrogen) atoms. The highest BCUT2D eigenvalue weighted by molar-refractivity contribution is 6.32. The number of aromatic nitrogens is 4. The molecule has 0 aliphatic rings. The molecule has 0 fully saturated rings. The highest BCUT2D eigenvalue weighted by Gasteiger charge is 2.26. The van der Waals surface area contributed by atoms with E-state index in [-0.39, 0.29) is 10.8 Å². The standard InChI is InChI=1S/C10H10ClN5O2/c1-3-7-9(16(17)18)10(11)15(14-7)8-4-6(2)12-5-13-8/h4-5H,3H2,1-2H3. The SMILES string of the molecule is CCc1nn(-c2cc(C)ncn2)c(Cl)c1[N+](=O)[O-]. The Morgan fingerprint density at radius 3 is 2.72 bits per heavy atom. The van der Waals surface area contributed by atoms with E-state index in [2.05, 4.69) is 15.1 Å². The van der Waals surface area contributed by atoms with Crippen LogP contribution in [0.5, 0.6) is 0 Å². The van der Waals surface area contributed by atoms with Gasteiger partial charge in [-0.2, -0.15) is 9.78 Å². The molecule has 2 rings (SSSR count). The van der Waals surface area contributed by atoms with E-state index in [1.165, 1.54) is 11.0 Å². The second-order valence-corrected chi connectivity index (χ2v) is 3.98. The van der Waals surface area contributed by atoms with Gasteiger partial charge in [-0.05, 0) is 13.3 Å². The van der Waals surface area contributed by atoms with Crippen molar-refractivity contribution in [1.82, 2.24) is 19.7 Å². The minimum absolute atomic E-state index is 0.0463. The van der Waals surface area contributed by atoms with Crippen LogP contribution in [-0.4, -0.2) is 24.7 Å². The maximum absolute atomic E-state index is 10.9. The van der Waals surface area contributed by atoms with Gasteiger partial charge in [0.25, 0.3) is 0 Å². The summed E-state index contributed by atoms with van der Waals surface area (Å²) in [5, 5.41) is 15.0. The molecule has 0 aliphatic heterocycles. The molecule has 0 bridgehead atoms. The van der Waals surface area contributed by atoms with E-state index in [1.807, 2.05) is 0 Å². The van der Waals surface area contributed by atoms with Crippen molar-refractivity contribution < 1.29 is 4.92 Å². The van der Waals surface area contributed by atoms with Gasteiger partial charge in [-0.25, -0.2) is 9.97 Å². The zero-order valence-corrected chi connectivity index (χ0v) is 10.5. The minimum atomic E-state index is -0.529. The first-order chi connectivity index (χ1) is 8.54. The first-order valence-corrected chi connectivity index (χ1v) is 5.63. The maximum atomic E-state index is 10.9. The predicted molar refractivity (Wildman–Crippen MR) is 64.9 cm³/mol. The molecular weight excluding hydrogens is 258 g/mol. The van der Waals surface area contributed by atoms with Crippen molar-refractivity contribution in [1.29, 1.82) is 0 Å². The number of halogens is 1. The second-order valence-electron chi connectivity index (χ2n) is 3.63. The summed E-state index contributed by atoms with van der Waals surface area (Å²) in [4.78, 5) is 18.4. The molecule has 0 saturated carbocycles. The molecule has 0 aromatic carbocycles. The van der Waals surface area contributed by atoms with Crippen LogP contribution in [0.25, 0.3) is 5.82 Å². The lowest BCUT2D eigenvalue weighted by atomic mass is 10.3. The van der Waals surface area contributed by atoms with Gasteiger partial charge in [-0.3, -0.25) is 10.1 Å². The summed E-state index contributed by atoms with van der Waals surface area (Å²) >= 11 is 5.99. The first-order valence-electron chi connectivity index (χ1n) is 5.25. The fraction of sp³-hybridized carbons (Fsp3) is 0.300. The van der Waals surface area contributed by atoms with E-state index < -0.39 is 4.92 Å². The molecular formula is C10H10ClN5O2. The number of hydrogen-bond donors (Lipinski definition) is 0. The molecule has 0 unspecified atom stereocenters. The van der Waals surface area contributed by atoms with Gasteiger partial charge in [-0.15, -0.1) is 0 Å². The summed E-state index contributed by atoms with van der Waals surface area (Å²) in [6.07, 6.45) is 1.78. The zero-order valence-electron chi connectivity index (χ0n) is 9.79. The molecule has 0 radical (unpaired) electrons. The first kappa shape index (κ1) is 12.4. The number of nitro groups is 1. The third-order valence-corrected chi connectivity index (χ3v) is 2.74. The average Bonchev–Trinajstić information content (AvgIpc) is 2.66. The minimum Gasteiger partial charge on any atom is -0.258 e. The quantitative estimate of drug-likeness (QED) is 0.628. The molecule has 7 nitrogen and oxygen atoms in total. The Kier molecular flexibility index (Phi) is 3.24. The summed E-state index contributed by atoms with van der Waals surface area (Å²) in [5.41, 5.74) is 0.893. The highest BCUT2D eigenvalue weighted by Crippen LogP contribution is 2.30. The van der Waals surface area contributed by atoms with Crippen LogP contribution in [0.15, 0.2) is 12.4 Å². The maximum Gasteiger partial charge on any atom is 0.329 e. The predicted octanol–water partition coefficient (Wildman–Crippen LogP) is 2.09. The molecule has 8 heteroatoms. The zero-order chi connectivity index (χ0) is 13.3. The van der Waals surface area contributed by atoms with Gasteiger partial charge in [0.15, 0.2) is 5.82 Å². The number of aryl methyl sites for hydroxylation is 2. The summed E-state index contributed by atoms with van der Waals surface area (Å²) < 4.78 is 1.26. The number of hydrogen-bond acceptors (Lipinski definition) is 5. The lowest BCUT2D eigenvalue weighted by Gasteiger charge is -2.00. The Labute approximate surface area is 108 Å². The Bertz CT molecular complexity index is 610. The highest BCUT2D eigenvalue weighted by atomic mass is 35.5.